The summed E-state index contributed by atoms with van der Waals surface area (Å²) in [7, 11) is 3.83. The fraction of sp³-hybridized carbons (Fsp3) is 0.353. The molecule has 0 N–H and O–H groups in total. The quantitative estimate of drug-likeness (QED) is 0.853. The van der Waals surface area contributed by atoms with E-state index in [4.69, 9.17) is 10.00 Å². The van der Waals surface area contributed by atoms with E-state index < -0.39 is 0 Å². The highest BCUT2D eigenvalue weighted by Gasteiger charge is 2.30. The lowest BCUT2D eigenvalue weighted by molar-refractivity contribution is 0.0777. The molecule has 2 aromatic rings. The van der Waals surface area contributed by atoms with Gasteiger partial charge in [0.25, 0.3) is 5.91 Å². The number of thiophene rings is 1. The summed E-state index contributed by atoms with van der Waals surface area (Å²) < 4.78 is 6.06. The number of hydrogen-bond acceptors (Lipinski definition) is 6. The van der Waals surface area contributed by atoms with Crippen LogP contribution in [0.4, 0.5) is 5.82 Å². The number of hydrogen-bond donors (Lipinski definition) is 0. The molecule has 7 heteroatoms. The van der Waals surface area contributed by atoms with Crippen LogP contribution in [0.1, 0.15) is 21.7 Å². The molecule has 0 bridgehead atoms. The zero-order valence-electron chi connectivity index (χ0n) is 13.6. The largest absolute Gasteiger partial charge is 0.485 e. The molecule has 1 aliphatic rings. The molecule has 0 saturated carbocycles. The Bertz CT molecular complexity index is 781. The van der Waals surface area contributed by atoms with Crippen molar-refractivity contribution in [2.75, 3.05) is 32.1 Å². The fourth-order valence-electron chi connectivity index (χ4n) is 2.71. The number of pyridine rings is 1. The third kappa shape index (κ3) is 3.19. The molecule has 24 heavy (non-hydrogen) atoms. The van der Waals surface area contributed by atoms with E-state index >= 15 is 0 Å². The summed E-state index contributed by atoms with van der Waals surface area (Å²) in [5, 5.41) is 10.9. The Hall–Kier alpha value is -2.59. The zero-order chi connectivity index (χ0) is 17.1. The van der Waals surface area contributed by atoms with Crippen molar-refractivity contribution in [3.05, 3.63) is 40.2 Å². The van der Waals surface area contributed by atoms with Crippen LogP contribution < -0.4 is 9.64 Å². The number of nitrogens with zero attached hydrogens (tertiary/aromatic N) is 4. The van der Waals surface area contributed by atoms with Crippen LogP contribution in [0.25, 0.3) is 0 Å². The fourth-order valence-corrected chi connectivity index (χ4v) is 3.52. The molecule has 3 heterocycles. The highest BCUT2D eigenvalue weighted by atomic mass is 32.1. The summed E-state index contributed by atoms with van der Waals surface area (Å²) in [5.41, 5.74) is 0.441. The second kappa shape index (κ2) is 6.89. The molecule has 1 aliphatic heterocycles. The summed E-state index contributed by atoms with van der Waals surface area (Å²) in [6.45, 7) is 1.15. The van der Waals surface area contributed by atoms with E-state index in [1.165, 1.54) is 11.3 Å². The molecular weight excluding hydrogens is 324 g/mol. The lowest BCUT2D eigenvalue weighted by atomic mass is 10.2. The van der Waals surface area contributed by atoms with Gasteiger partial charge in [-0.3, -0.25) is 4.79 Å². The van der Waals surface area contributed by atoms with Gasteiger partial charge in [0.2, 0.25) is 0 Å². The van der Waals surface area contributed by atoms with Crippen molar-refractivity contribution < 1.29 is 9.53 Å². The second-order valence-corrected chi connectivity index (χ2v) is 6.69. The van der Waals surface area contributed by atoms with Crippen molar-refractivity contribution in [1.82, 2.24) is 9.88 Å². The van der Waals surface area contributed by atoms with E-state index in [1.807, 2.05) is 31.1 Å². The Labute approximate surface area is 144 Å². The first kappa shape index (κ1) is 16.3. The smallest absolute Gasteiger partial charge is 0.265 e. The number of likely N-dealkylation sites (tertiary alicyclic amines) is 1. The second-order valence-electron chi connectivity index (χ2n) is 5.77. The van der Waals surface area contributed by atoms with Gasteiger partial charge >= 0.3 is 0 Å². The molecular formula is C17H18N4O2S. The van der Waals surface area contributed by atoms with Crippen molar-refractivity contribution >= 4 is 23.1 Å². The standard InChI is InChI=1S/C17H18N4O2S/c1-20(2)16-14(4-3-7-19-16)23-13-5-8-21(11-13)17(22)15-12(10-18)6-9-24-15/h3-4,6-7,9,13H,5,8,11H2,1-2H3. The molecule has 1 atom stereocenters. The number of carbonyl (C=O) groups is 1. The predicted octanol–water partition coefficient (Wildman–Crippen LogP) is 2.37. The van der Waals surface area contributed by atoms with Gasteiger partial charge in [-0.15, -0.1) is 11.3 Å². The Kier molecular flexibility index (Phi) is 4.67. The number of aromatic nitrogens is 1. The third-order valence-electron chi connectivity index (χ3n) is 3.88. The molecule has 0 aliphatic carbocycles. The lowest BCUT2D eigenvalue weighted by Gasteiger charge is -2.20. The highest BCUT2D eigenvalue weighted by molar-refractivity contribution is 7.12. The minimum atomic E-state index is -0.0910. The normalized spacial score (nSPS) is 16.7. The van der Waals surface area contributed by atoms with Crippen molar-refractivity contribution in [2.45, 2.75) is 12.5 Å². The van der Waals surface area contributed by atoms with Gasteiger partial charge in [-0.1, -0.05) is 0 Å². The molecule has 1 amide bonds. The highest BCUT2D eigenvalue weighted by Crippen LogP contribution is 2.28. The summed E-state index contributed by atoms with van der Waals surface area (Å²) in [5.74, 6) is 1.40. The Balaban J connectivity index is 1.68. The van der Waals surface area contributed by atoms with Crippen LogP contribution in [-0.4, -0.2) is 49.1 Å². The van der Waals surface area contributed by atoms with Gasteiger partial charge in [-0.2, -0.15) is 5.26 Å². The monoisotopic (exact) mass is 342 g/mol. The molecule has 1 fully saturated rings. The number of anilines is 1. The number of rotatable bonds is 4. The molecule has 124 valence electrons. The van der Waals surface area contributed by atoms with E-state index in [2.05, 4.69) is 11.1 Å². The lowest BCUT2D eigenvalue weighted by Crippen LogP contribution is -2.31. The van der Waals surface area contributed by atoms with Crippen LogP contribution in [0.5, 0.6) is 5.75 Å². The van der Waals surface area contributed by atoms with Crippen molar-refractivity contribution in [2.24, 2.45) is 0 Å². The molecule has 0 spiro atoms. The van der Waals surface area contributed by atoms with E-state index in [1.54, 1.807) is 22.5 Å². The minimum Gasteiger partial charge on any atom is -0.485 e. The molecule has 6 nitrogen and oxygen atoms in total. The molecule has 2 aromatic heterocycles. The molecule has 0 aromatic carbocycles. The van der Waals surface area contributed by atoms with Gasteiger partial charge in [0.15, 0.2) is 11.6 Å². The van der Waals surface area contributed by atoms with E-state index in [9.17, 15) is 4.79 Å². The van der Waals surface area contributed by atoms with Crippen LogP contribution in [0, 0.1) is 11.3 Å². The maximum atomic E-state index is 12.6. The summed E-state index contributed by atoms with van der Waals surface area (Å²) in [6, 6.07) is 7.48. The molecule has 1 unspecified atom stereocenters. The van der Waals surface area contributed by atoms with Gasteiger partial charge in [0.05, 0.1) is 12.1 Å². The minimum absolute atomic E-state index is 0.0673. The summed E-state index contributed by atoms with van der Waals surface area (Å²) in [6.07, 6.45) is 2.43. The van der Waals surface area contributed by atoms with Crippen LogP contribution in [-0.2, 0) is 0 Å². The average Bonchev–Trinajstić information content (AvgIpc) is 3.23. The van der Waals surface area contributed by atoms with Crippen LogP contribution in [0.3, 0.4) is 0 Å². The summed E-state index contributed by atoms with van der Waals surface area (Å²) >= 11 is 1.31. The Morgan fingerprint density at radius 1 is 1.50 bits per heavy atom. The van der Waals surface area contributed by atoms with Crippen LogP contribution >= 0.6 is 11.3 Å². The molecule has 0 radical (unpaired) electrons. The molecule has 3 rings (SSSR count). The average molecular weight is 342 g/mol. The first-order chi connectivity index (χ1) is 11.6. The van der Waals surface area contributed by atoms with E-state index in [0.717, 1.165) is 18.0 Å². The van der Waals surface area contributed by atoms with Crippen LogP contribution in [0.2, 0.25) is 0 Å². The van der Waals surface area contributed by atoms with Crippen molar-refractivity contribution in [1.29, 1.82) is 5.26 Å². The van der Waals surface area contributed by atoms with Gasteiger partial charge in [-0.05, 0) is 23.6 Å². The number of carbonyl (C=O) groups excluding carboxylic acids is 1. The molecule has 1 saturated heterocycles. The van der Waals surface area contributed by atoms with Crippen LogP contribution in [0.15, 0.2) is 29.8 Å². The maximum absolute atomic E-state index is 12.6. The predicted molar refractivity (Wildman–Crippen MR) is 92.5 cm³/mol. The van der Waals surface area contributed by atoms with Crippen molar-refractivity contribution in [3.63, 3.8) is 0 Å². The Morgan fingerprint density at radius 3 is 3.08 bits per heavy atom. The number of amides is 1. The Morgan fingerprint density at radius 2 is 2.33 bits per heavy atom. The van der Waals surface area contributed by atoms with Gasteiger partial charge in [0.1, 0.15) is 17.1 Å². The zero-order valence-corrected chi connectivity index (χ0v) is 14.4. The third-order valence-corrected chi connectivity index (χ3v) is 4.78. The first-order valence-electron chi connectivity index (χ1n) is 7.66. The first-order valence-corrected chi connectivity index (χ1v) is 8.54. The van der Waals surface area contributed by atoms with Gasteiger partial charge in [0, 0.05) is 33.3 Å². The van der Waals surface area contributed by atoms with E-state index in [0.29, 0.717) is 23.5 Å². The van der Waals surface area contributed by atoms with E-state index in [-0.39, 0.29) is 12.0 Å². The van der Waals surface area contributed by atoms with Crippen molar-refractivity contribution in [3.8, 4) is 11.8 Å². The topological polar surface area (TPSA) is 69.5 Å². The van der Waals surface area contributed by atoms with Gasteiger partial charge in [-0.25, -0.2) is 4.98 Å². The number of nitriles is 1. The summed E-state index contributed by atoms with van der Waals surface area (Å²) in [4.78, 5) is 21.1. The SMILES string of the molecule is CN(C)c1ncccc1OC1CCN(C(=O)c2sccc2C#N)C1. The van der Waals surface area contributed by atoms with Gasteiger partial charge < -0.3 is 14.5 Å². The maximum Gasteiger partial charge on any atom is 0.265 e. The number of ether oxygens (including phenoxy) is 1.